The lowest BCUT2D eigenvalue weighted by molar-refractivity contribution is -0.151. The number of carbonyl (C=O) groups is 1. The molecule has 0 fully saturated rings. The van der Waals surface area contributed by atoms with Gasteiger partial charge in [-0.2, -0.15) is 5.10 Å². The van der Waals surface area contributed by atoms with Gasteiger partial charge in [0.25, 0.3) is 0 Å². The maximum atomic E-state index is 12.0. The van der Waals surface area contributed by atoms with Crippen LogP contribution in [-0.4, -0.2) is 44.0 Å². The second-order valence-electron chi connectivity index (χ2n) is 7.04. The van der Waals surface area contributed by atoms with Crippen LogP contribution < -0.4 is 0 Å². The van der Waals surface area contributed by atoms with Gasteiger partial charge in [0, 0.05) is 36.5 Å². The molecule has 27 heavy (non-hydrogen) atoms. The van der Waals surface area contributed by atoms with Crippen molar-refractivity contribution in [2.24, 2.45) is 5.41 Å². The summed E-state index contributed by atoms with van der Waals surface area (Å²) in [6.07, 6.45) is 6.99. The molecule has 3 aromatic rings. The summed E-state index contributed by atoms with van der Waals surface area (Å²) in [5.74, 6) is -0.259. The van der Waals surface area contributed by atoms with Crippen LogP contribution >= 0.6 is 0 Å². The molecule has 0 aliphatic carbocycles. The van der Waals surface area contributed by atoms with Crippen molar-refractivity contribution in [2.75, 3.05) is 13.7 Å². The summed E-state index contributed by atoms with van der Waals surface area (Å²) in [7, 11) is 1.40. The predicted octanol–water partition coefficient (Wildman–Crippen LogP) is 3.05. The molecule has 0 N–H and O–H groups in total. The Morgan fingerprint density at radius 2 is 2.11 bits per heavy atom. The summed E-state index contributed by atoms with van der Waals surface area (Å²) in [6.45, 7) is 8.68. The minimum atomic E-state index is -0.663. The smallest absolute Gasteiger partial charge is 0.313 e. The van der Waals surface area contributed by atoms with E-state index in [2.05, 4.69) is 15.1 Å². The van der Waals surface area contributed by atoms with Gasteiger partial charge in [-0.1, -0.05) is 0 Å². The highest BCUT2D eigenvalue weighted by atomic mass is 16.5. The summed E-state index contributed by atoms with van der Waals surface area (Å²) >= 11 is 0. The summed E-state index contributed by atoms with van der Waals surface area (Å²) in [4.78, 5) is 20.9. The molecule has 1 unspecified atom stereocenters. The van der Waals surface area contributed by atoms with E-state index in [9.17, 15) is 4.79 Å². The molecular weight excluding hydrogens is 346 g/mol. The normalized spacial score (nSPS) is 13.1. The molecule has 0 aromatic carbocycles. The first-order chi connectivity index (χ1) is 12.9. The minimum absolute atomic E-state index is 0.147. The lowest BCUT2D eigenvalue weighted by atomic mass is 9.94. The third kappa shape index (κ3) is 3.71. The lowest BCUT2D eigenvalue weighted by Gasteiger charge is -2.22. The fraction of sp³-hybridized carbons (Fsp3) is 0.474. The molecule has 3 aromatic heterocycles. The summed E-state index contributed by atoms with van der Waals surface area (Å²) in [5, 5.41) is 5.29. The van der Waals surface area contributed by atoms with Gasteiger partial charge in [0.15, 0.2) is 0 Å². The first-order valence-electron chi connectivity index (χ1n) is 8.91. The Labute approximate surface area is 158 Å². The van der Waals surface area contributed by atoms with Gasteiger partial charge in [-0.25, -0.2) is 14.6 Å². The van der Waals surface area contributed by atoms with E-state index in [1.807, 2.05) is 50.7 Å². The molecule has 1 atom stereocenters. The number of rotatable bonds is 7. The van der Waals surface area contributed by atoms with Crippen LogP contribution in [0.1, 0.15) is 33.9 Å². The van der Waals surface area contributed by atoms with Crippen LogP contribution in [0.4, 0.5) is 0 Å². The zero-order valence-electron chi connectivity index (χ0n) is 16.3. The maximum Gasteiger partial charge on any atom is 0.313 e. The van der Waals surface area contributed by atoms with E-state index in [1.54, 1.807) is 10.9 Å². The predicted molar refractivity (Wildman–Crippen MR) is 101 cm³/mol. The number of carbonyl (C=O) groups excluding carboxylic acids is 1. The Morgan fingerprint density at radius 1 is 1.33 bits per heavy atom. The number of nitrogens with zero attached hydrogens (tertiary/aromatic N) is 5. The number of aromatic nitrogens is 5. The molecule has 144 valence electrons. The fourth-order valence-electron chi connectivity index (χ4n) is 3.10. The SMILES string of the molecule is CCOC(C)n1cc(-c2ncnc3c2ccn3CC(C)(C)C(=O)OC)cn1. The van der Waals surface area contributed by atoms with Gasteiger partial charge in [0.05, 0.1) is 24.4 Å². The number of methoxy groups -OCH3 is 1. The van der Waals surface area contributed by atoms with Gasteiger partial charge < -0.3 is 14.0 Å². The van der Waals surface area contributed by atoms with E-state index in [0.717, 1.165) is 22.3 Å². The molecule has 0 bridgehead atoms. The Balaban J connectivity index is 1.96. The molecule has 0 saturated heterocycles. The molecule has 0 spiro atoms. The first-order valence-corrected chi connectivity index (χ1v) is 8.91. The van der Waals surface area contributed by atoms with Crippen LogP contribution in [0.15, 0.2) is 31.0 Å². The van der Waals surface area contributed by atoms with Crippen molar-refractivity contribution in [3.05, 3.63) is 31.0 Å². The van der Waals surface area contributed by atoms with Crippen LogP contribution in [0.2, 0.25) is 0 Å². The number of esters is 1. The van der Waals surface area contributed by atoms with Gasteiger partial charge in [-0.05, 0) is 33.8 Å². The highest BCUT2D eigenvalue weighted by molar-refractivity contribution is 5.90. The molecule has 8 nitrogen and oxygen atoms in total. The van der Waals surface area contributed by atoms with Crippen LogP contribution in [0.5, 0.6) is 0 Å². The third-order valence-corrected chi connectivity index (χ3v) is 4.52. The second kappa shape index (κ2) is 7.48. The number of ether oxygens (including phenoxy) is 2. The molecule has 0 saturated carbocycles. The summed E-state index contributed by atoms with van der Waals surface area (Å²) < 4.78 is 14.2. The van der Waals surface area contributed by atoms with Crippen LogP contribution in [0, 0.1) is 5.41 Å². The number of hydrogen-bond acceptors (Lipinski definition) is 6. The van der Waals surface area contributed by atoms with Crippen molar-refractivity contribution in [1.82, 2.24) is 24.3 Å². The minimum Gasteiger partial charge on any atom is -0.469 e. The monoisotopic (exact) mass is 371 g/mol. The number of hydrogen-bond donors (Lipinski definition) is 0. The van der Waals surface area contributed by atoms with Gasteiger partial charge in [0.1, 0.15) is 18.2 Å². The molecule has 8 heteroatoms. The Hall–Kier alpha value is -2.74. The Morgan fingerprint density at radius 3 is 2.81 bits per heavy atom. The molecule has 0 amide bonds. The zero-order chi connectivity index (χ0) is 19.6. The van der Waals surface area contributed by atoms with Crippen molar-refractivity contribution in [2.45, 2.75) is 40.5 Å². The molecule has 3 heterocycles. The van der Waals surface area contributed by atoms with Gasteiger partial charge in [0.2, 0.25) is 0 Å². The molecular formula is C19H25N5O3. The Bertz CT molecular complexity index is 944. The molecule has 0 radical (unpaired) electrons. The Kier molecular flexibility index (Phi) is 5.27. The van der Waals surface area contributed by atoms with E-state index in [-0.39, 0.29) is 12.2 Å². The van der Waals surface area contributed by atoms with Crippen molar-refractivity contribution >= 4 is 17.0 Å². The largest absolute Gasteiger partial charge is 0.469 e. The van der Waals surface area contributed by atoms with Crippen LogP contribution in [-0.2, 0) is 20.8 Å². The third-order valence-electron chi connectivity index (χ3n) is 4.52. The summed E-state index contributed by atoms with van der Waals surface area (Å²) in [6, 6.07) is 1.96. The topological polar surface area (TPSA) is 84.1 Å². The van der Waals surface area contributed by atoms with Crippen LogP contribution in [0.25, 0.3) is 22.3 Å². The van der Waals surface area contributed by atoms with E-state index in [1.165, 1.54) is 13.4 Å². The van der Waals surface area contributed by atoms with Crippen molar-refractivity contribution in [1.29, 1.82) is 0 Å². The van der Waals surface area contributed by atoms with Crippen molar-refractivity contribution in [3.63, 3.8) is 0 Å². The van der Waals surface area contributed by atoms with E-state index < -0.39 is 5.41 Å². The van der Waals surface area contributed by atoms with E-state index in [4.69, 9.17) is 9.47 Å². The quantitative estimate of drug-likeness (QED) is 0.594. The fourth-order valence-corrected chi connectivity index (χ4v) is 3.10. The maximum absolute atomic E-state index is 12.0. The van der Waals surface area contributed by atoms with Crippen molar-refractivity contribution < 1.29 is 14.3 Å². The van der Waals surface area contributed by atoms with Crippen LogP contribution in [0.3, 0.4) is 0 Å². The van der Waals surface area contributed by atoms with Crippen molar-refractivity contribution in [3.8, 4) is 11.3 Å². The molecule has 3 rings (SSSR count). The lowest BCUT2D eigenvalue weighted by Crippen LogP contribution is -2.30. The summed E-state index contributed by atoms with van der Waals surface area (Å²) in [5.41, 5.74) is 1.79. The molecule has 0 aliphatic heterocycles. The average Bonchev–Trinajstić information content (AvgIpc) is 3.28. The number of fused-ring (bicyclic) bond motifs is 1. The average molecular weight is 371 g/mol. The standard InChI is InChI=1S/C19H25N5O3/c1-6-27-13(2)24-10-14(9-22-24)16-15-7-8-23(17(15)21-12-20-16)11-19(3,4)18(25)26-5/h7-10,12-13H,6,11H2,1-5H3. The van der Waals surface area contributed by atoms with E-state index in [0.29, 0.717) is 13.2 Å². The van der Waals surface area contributed by atoms with Gasteiger partial charge in [-0.15, -0.1) is 0 Å². The van der Waals surface area contributed by atoms with Gasteiger partial charge in [-0.3, -0.25) is 4.79 Å². The zero-order valence-corrected chi connectivity index (χ0v) is 16.3. The second-order valence-corrected chi connectivity index (χ2v) is 7.04. The highest BCUT2D eigenvalue weighted by Gasteiger charge is 2.30. The molecule has 0 aliphatic rings. The van der Waals surface area contributed by atoms with E-state index >= 15 is 0 Å². The van der Waals surface area contributed by atoms with Gasteiger partial charge >= 0.3 is 5.97 Å². The highest BCUT2D eigenvalue weighted by Crippen LogP contribution is 2.29. The first kappa shape index (κ1) is 19.0.